The minimum Gasteiger partial charge on any atom is -0.396 e. The number of aliphatic hydroxyl groups is 2. The van der Waals surface area contributed by atoms with Crippen molar-refractivity contribution >= 4 is 0 Å². The topological polar surface area (TPSA) is 40.5 Å². The highest BCUT2D eigenvalue weighted by atomic mass is 16.3. The Labute approximate surface area is 62.9 Å². The van der Waals surface area contributed by atoms with Gasteiger partial charge in [-0.25, -0.2) is 0 Å². The van der Waals surface area contributed by atoms with Gasteiger partial charge in [0.05, 0.1) is 6.10 Å². The number of aliphatic hydroxyl groups excluding tert-OH is 2. The second-order valence-corrected chi connectivity index (χ2v) is 2.78. The second-order valence-electron chi connectivity index (χ2n) is 2.78. The first-order valence-corrected chi connectivity index (χ1v) is 4.06. The van der Waals surface area contributed by atoms with E-state index in [0.717, 1.165) is 32.1 Å². The molecule has 0 saturated carbocycles. The quantitative estimate of drug-likeness (QED) is 0.555. The highest BCUT2D eigenvalue weighted by Crippen LogP contribution is 2.04. The third kappa shape index (κ3) is 7.92. The largest absolute Gasteiger partial charge is 0.396 e. The van der Waals surface area contributed by atoms with Gasteiger partial charge in [-0.15, -0.1) is 0 Å². The van der Waals surface area contributed by atoms with Crippen molar-refractivity contribution in [1.29, 1.82) is 0 Å². The van der Waals surface area contributed by atoms with Crippen LogP contribution in [0.3, 0.4) is 0 Å². The van der Waals surface area contributed by atoms with Gasteiger partial charge in [-0.1, -0.05) is 19.3 Å². The van der Waals surface area contributed by atoms with Crippen LogP contribution in [0.2, 0.25) is 0 Å². The molecule has 0 aliphatic carbocycles. The Balaban J connectivity index is 2.77. The van der Waals surface area contributed by atoms with E-state index in [0.29, 0.717) is 6.61 Å². The molecule has 0 radical (unpaired) electrons. The monoisotopic (exact) mass is 146 g/mol. The molecule has 0 spiro atoms. The van der Waals surface area contributed by atoms with E-state index in [1.807, 2.05) is 6.92 Å². The molecule has 2 N–H and O–H groups in total. The van der Waals surface area contributed by atoms with Gasteiger partial charge in [-0.3, -0.25) is 0 Å². The summed E-state index contributed by atoms with van der Waals surface area (Å²) in [4.78, 5) is 0. The summed E-state index contributed by atoms with van der Waals surface area (Å²) in [5, 5.41) is 17.3. The Morgan fingerprint density at radius 1 is 1.10 bits per heavy atom. The first kappa shape index (κ1) is 9.92. The van der Waals surface area contributed by atoms with Crippen LogP contribution in [0, 0.1) is 0 Å². The smallest absolute Gasteiger partial charge is 0.0512 e. The zero-order valence-electron chi connectivity index (χ0n) is 6.71. The van der Waals surface area contributed by atoms with Crippen molar-refractivity contribution in [1.82, 2.24) is 0 Å². The van der Waals surface area contributed by atoms with Crippen LogP contribution in [-0.4, -0.2) is 22.9 Å². The Bertz CT molecular complexity index is 62.3. The molecule has 10 heavy (non-hydrogen) atoms. The van der Waals surface area contributed by atoms with Crippen LogP contribution in [0.4, 0.5) is 0 Å². The molecule has 0 saturated heterocycles. The highest BCUT2D eigenvalue weighted by molar-refractivity contribution is 4.48. The van der Waals surface area contributed by atoms with Crippen molar-refractivity contribution in [3.05, 3.63) is 0 Å². The van der Waals surface area contributed by atoms with Gasteiger partial charge in [-0.2, -0.15) is 0 Å². The predicted octanol–water partition coefficient (Wildman–Crippen LogP) is 1.31. The molecule has 0 aliphatic rings. The standard InChI is InChI=1S/C8H18O2/c1-8(10)6-4-2-3-5-7-9/h8-10H,2-7H2,1H3. The van der Waals surface area contributed by atoms with Gasteiger partial charge in [0, 0.05) is 6.61 Å². The van der Waals surface area contributed by atoms with E-state index < -0.39 is 0 Å². The van der Waals surface area contributed by atoms with Crippen molar-refractivity contribution in [2.24, 2.45) is 0 Å². The minimum atomic E-state index is -0.158. The lowest BCUT2D eigenvalue weighted by atomic mass is 10.1. The molecule has 0 bridgehead atoms. The maximum atomic E-state index is 8.86. The Hall–Kier alpha value is -0.0800. The van der Waals surface area contributed by atoms with Crippen molar-refractivity contribution in [3.8, 4) is 0 Å². The van der Waals surface area contributed by atoms with E-state index in [1.165, 1.54) is 0 Å². The van der Waals surface area contributed by atoms with Crippen molar-refractivity contribution < 1.29 is 10.2 Å². The average Bonchev–Trinajstić information content (AvgIpc) is 1.87. The van der Waals surface area contributed by atoms with E-state index in [2.05, 4.69) is 0 Å². The van der Waals surface area contributed by atoms with E-state index in [1.54, 1.807) is 0 Å². The van der Waals surface area contributed by atoms with E-state index in [4.69, 9.17) is 10.2 Å². The van der Waals surface area contributed by atoms with Gasteiger partial charge in [0.15, 0.2) is 0 Å². The third-order valence-corrected chi connectivity index (χ3v) is 1.53. The fourth-order valence-electron chi connectivity index (χ4n) is 0.905. The zero-order valence-corrected chi connectivity index (χ0v) is 6.71. The molecule has 0 aromatic rings. The lowest BCUT2D eigenvalue weighted by Gasteiger charge is -2.01. The number of rotatable bonds is 6. The number of hydrogen-bond acceptors (Lipinski definition) is 2. The predicted molar refractivity (Wildman–Crippen MR) is 41.9 cm³/mol. The first-order valence-electron chi connectivity index (χ1n) is 4.06. The lowest BCUT2D eigenvalue weighted by molar-refractivity contribution is 0.180. The molecule has 62 valence electrons. The lowest BCUT2D eigenvalue weighted by Crippen LogP contribution is -1.98. The van der Waals surface area contributed by atoms with Crippen LogP contribution >= 0.6 is 0 Å². The summed E-state index contributed by atoms with van der Waals surface area (Å²) in [6.07, 6.45) is 4.94. The Kier molecular flexibility index (Phi) is 6.98. The summed E-state index contributed by atoms with van der Waals surface area (Å²) < 4.78 is 0. The minimum absolute atomic E-state index is 0.158. The molecule has 1 atom stereocenters. The zero-order chi connectivity index (χ0) is 7.82. The van der Waals surface area contributed by atoms with Crippen LogP contribution in [0.25, 0.3) is 0 Å². The summed E-state index contributed by atoms with van der Waals surface area (Å²) in [5.74, 6) is 0. The fourth-order valence-corrected chi connectivity index (χ4v) is 0.905. The highest BCUT2D eigenvalue weighted by Gasteiger charge is 1.94. The van der Waals surface area contributed by atoms with E-state index >= 15 is 0 Å². The van der Waals surface area contributed by atoms with Crippen LogP contribution in [0.1, 0.15) is 39.0 Å². The van der Waals surface area contributed by atoms with Crippen molar-refractivity contribution in [2.75, 3.05) is 6.61 Å². The molecular weight excluding hydrogens is 128 g/mol. The van der Waals surface area contributed by atoms with Crippen molar-refractivity contribution in [2.45, 2.75) is 45.1 Å². The van der Waals surface area contributed by atoms with E-state index in [-0.39, 0.29) is 6.10 Å². The van der Waals surface area contributed by atoms with Crippen LogP contribution < -0.4 is 0 Å². The SMILES string of the molecule is CC(O)CCCCCCO. The normalized spacial score (nSPS) is 13.5. The van der Waals surface area contributed by atoms with Gasteiger partial charge in [0.1, 0.15) is 0 Å². The number of unbranched alkanes of at least 4 members (excludes halogenated alkanes) is 3. The molecule has 0 amide bonds. The Morgan fingerprint density at radius 2 is 1.70 bits per heavy atom. The average molecular weight is 146 g/mol. The number of hydrogen-bond donors (Lipinski definition) is 2. The van der Waals surface area contributed by atoms with Crippen molar-refractivity contribution in [3.63, 3.8) is 0 Å². The second kappa shape index (κ2) is 7.03. The molecule has 0 heterocycles. The summed E-state index contributed by atoms with van der Waals surface area (Å²) in [7, 11) is 0. The molecule has 0 rings (SSSR count). The van der Waals surface area contributed by atoms with Gasteiger partial charge in [0.2, 0.25) is 0 Å². The maximum absolute atomic E-state index is 8.86. The van der Waals surface area contributed by atoms with E-state index in [9.17, 15) is 0 Å². The molecule has 2 heteroatoms. The molecule has 1 unspecified atom stereocenters. The molecular formula is C8H18O2. The maximum Gasteiger partial charge on any atom is 0.0512 e. The molecule has 0 fully saturated rings. The fraction of sp³-hybridized carbons (Fsp3) is 1.00. The van der Waals surface area contributed by atoms with Crippen LogP contribution in [0.5, 0.6) is 0 Å². The molecule has 0 aromatic carbocycles. The summed E-state index contributed by atoms with van der Waals surface area (Å²) in [6.45, 7) is 2.11. The summed E-state index contributed by atoms with van der Waals surface area (Å²) in [5.41, 5.74) is 0. The first-order chi connectivity index (χ1) is 4.77. The molecule has 0 aromatic heterocycles. The van der Waals surface area contributed by atoms with Crippen LogP contribution in [-0.2, 0) is 0 Å². The van der Waals surface area contributed by atoms with Gasteiger partial charge < -0.3 is 10.2 Å². The van der Waals surface area contributed by atoms with Gasteiger partial charge in [0.25, 0.3) is 0 Å². The van der Waals surface area contributed by atoms with Crippen LogP contribution in [0.15, 0.2) is 0 Å². The third-order valence-electron chi connectivity index (χ3n) is 1.53. The molecule has 2 nitrogen and oxygen atoms in total. The van der Waals surface area contributed by atoms with Gasteiger partial charge in [-0.05, 0) is 19.8 Å². The summed E-state index contributed by atoms with van der Waals surface area (Å²) >= 11 is 0. The Morgan fingerprint density at radius 3 is 2.20 bits per heavy atom. The van der Waals surface area contributed by atoms with Gasteiger partial charge >= 0.3 is 0 Å². The molecule has 0 aliphatic heterocycles. The summed E-state index contributed by atoms with van der Waals surface area (Å²) in [6, 6.07) is 0.